The van der Waals surface area contributed by atoms with Gasteiger partial charge in [0.1, 0.15) is 0 Å². The molecule has 1 aromatic heterocycles. The maximum Gasteiger partial charge on any atom is 0.264 e. The van der Waals surface area contributed by atoms with Gasteiger partial charge in [0.25, 0.3) is 10.1 Å². The molecule has 44 heavy (non-hydrogen) atoms. The van der Waals surface area contributed by atoms with Crippen LogP contribution in [0.4, 0.5) is 52.0 Å². The first-order valence-electron chi connectivity index (χ1n) is 13.5. The molecule has 4 N–H and O–H groups in total. The average Bonchev–Trinajstić information content (AvgIpc) is 3.03. The van der Waals surface area contributed by atoms with Crippen LogP contribution in [0.25, 0.3) is 0 Å². The molecule has 5 rings (SSSR count). The molecule has 0 saturated heterocycles. The molecule has 1 heterocycles. The second-order valence-corrected chi connectivity index (χ2v) is 10.9. The molecule has 4 aromatic carbocycles. The maximum atomic E-state index is 11.1. The molecule has 0 unspecified atom stereocenters. The summed E-state index contributed by atoms with van der Waals surface area (Å²) in [6.07, 6.45) is 0.161. The number of rotatable bonds is 13. The van der Waals surface area contributed by atoms with Gasteiger partial charge in [-0.1, -0.05) is 36.4 Å². The zero-order valence-corrected chi connectivity index (χ0v) is 24.1. The summed E-state index contributed by atoms with van der Waals surface area (Å²) in [6, 6.07) is 33.4. The molecule has 222 valence electrons. The van der Waals surface area contributed by atoms with Gasteiger partial charge in [0.15, 0.2) is 0 Å². The van der Waals surface area contributed by atoms with Crippen LogP contribution < -0.4 is 16.0 Å². The second kappa shape index (κ2) is 14.5. The quantitative estimate of drug-likeness (QED) is 0.0587. The van der Waals surface area contributed by atoms with Gasteiger partial charge in [0.2, 0.25) is 17.8 Å². The van der Waals surface area contributed by atoms with E-state index in [-0.39, 0.29) is 36.6 Å². The standard InChI is InChI=1S/C30H28N10O3S/c41-44(42,43)21-7-20-31-28-34-29(32-22-12-16-26(17-13-22)39-37-24-8-3-1-4-9-24)36-30(35-28)33-23-14-18-27(19-15-23)40-38-25-10-5-2-6-11-25/h1-6,8-19H,7,20-21H2,(H,41,42,43)(H3,31,32,33,34,35,36). The lowest BCUT2D eigenvalue weighted by atomic mass is 10.3. The van der Waals surface area contributed by atoms with Crippen LogP contribution in [0, 0.1) is 0 Å². The summed E-state index contributed by atoms with van der Waals surface area (Å²) < 4.78 is 31.2. The van der Waals surface area contributed by atoms with Crippen molar-refractivity contribution >= 4 is 62.1 Å². The molecule has 13 nitrogen and oxygen atoms in total. The summed E-state index contributed by atoms with van der Waals surface area (Å²) in [5.41, 5.74) is 4.25. The monoisotopic (exact) mass is 608 g/mol. The second-order valence-electron chi connectivity index (χ2n) is 9.29. The Kier molecular flexibility index (Phi) is 9.87. The zero-order valence-electron chi connectivity index (χ0n) is 23.3. The van der Waals surface area contributed by atoms with E-state index in [1.54, 1.807) is 24.3 Å². The molecule has 5 aromatic rings. The summed E-state index contributed by atoms with van der Waals surface area (Å²) in [6.45, 7) is 0.213. The molecule has 0 radical (unpaired) electrons. The highest BCUT2D eigenvalue weighted by molar-refractivity contribution is 7.85. The van der Waals surface area contributed by atoms with E-state index in [1.165, 1.54) is 0 Å². The molecule has 0 bridgehead atoms. The maximum absolute atomic E-state index is 11.1. The number of hydrogen-bond acceptors (Lipinski definition) is 12. The van der Waals surface area contributed by atoms with Crippen LogP contribution in [0.15, 0.2) is 130 Å². The van der Waals surface area contributed by atoms with E-state index in [0.29, 0.717) is 22.7 Å². The molecular weight excluding hydrogens is 580 g/mol. The molecule has 0 aliphatic heterocycles. The lowest BCUT2D eigenvalue weighted by Crippen LogP contribution is -2.13. The number of benzene rings is 4. The number of azo groups is 2. The first-order chi connectivity index (χ1) is 21.4. The van der Waals surface area contributed by atoms with Crippen LogP contribution in [0.2, 0.25) is 0 Å². The summed E-state index contributed by atoms with van der Waals surface area (Å²) in [4.78, 5) is 13.3. The lowest BCUT2D eigenvalue weighted by Gasteiger charge is -2.11. The highest BCUT2D eigenvalue weighted by atomic mass is 32.2. The predicted molar refractivity (Wildman–Crippen MR) is 170 cm³/mol. The van der Waals surface area contributed by atoms with E-state index in [0.717, 1.165) is 11.4 Å². The minimum Gasteiger partial charge on any atom is -0.354 e. The van der Waals surface area contributed by atoms with E-state index >= 15 is 0 Å². The molecule has 14 heteroatoms. The van der Waals surface area contributed by atoms with Gasteiger partial charge in [-0.3, -0.25) is 4.55 Å². The summed E-state index contributed by atoms with van der Waals surface area (Å²) >= 11 is 0. The number of anilines is 5. The van der Waals surface area contributed by atoms with E-state index < -0.39 is 10.1 Å². The minimum atomic E-state index is -4.07. The fourth-order valence-electron chi connectivity index (χ4n) is 3.72. The highest BCUT2D eigenvalue weighted by Crippen LogP contribution is 2.24. The Labute approximate surface area is 254 Å². The van der Waals surface area contributed by atoms with Crippen LogP contribution >= 0.6 is 0 Å². The average molecular weight is 609 g/mol. The molecule has 0 amide bonds. The fourth-order valence-corrected chi connectivity index (χ4v) is 4.23. The zero-order chi connectivity index (χ0) is 30.6. The molecule has 0 atom stereocenters. The van der Waals surface area contributed by atoms with Crippen molar-refractivity contribution in [3.8, 4) is 0 Å². The van der Waals surface area contributed by atoms with Gasteiger partial charge in [-0.05, 0) is 79.2 Å². The Morgan fingerprint density at radius 3 is 1.34 bits per heavy atom. The van der Waals surface area contributed by atoms with Crippen molar-refractivity contribution in [1.82, 2.24) is 15.0 Å². The molecule has 0 saturated carbocycles. The fraction of sp³-hybridized carbons (Fsp3) is 0.100. The predicted octanol–water partition coefficient (Wildman–Crippen LogP) is 7.88. The van der Waals surface area contributed by atoms with E-state index in [1.807, 2.05) is 84.9 Å². The number of nitrogens with one attached hydrogen (secondary N) is 3. The Bertz CT molecular complexity index is 1710. The van der Waals surface area contributed by atoms with Crippen LogP contribution in [0.5, 0.6) is 0 Å². The summed E-state index contributed by atoms with van der Waals surface area (Å²) in [5.74, 6) is 0.309. The van der Waals surface area contributed by atoms with Crippen LogP contribution in [-0.4, -0.2) is 40.2 Å². The number of aromatic nitrogens is 3. The van der Waals surface area contributed by atoms with Gasteiger partial charge in [0, 0.05) is 17.9 Å². The van der Waals surface area contributed by atoms with Crippen molar-refractivity contribution < 1.29 is 13.0 Å². The Balaban J connectivity index is 1.29. The SMILES string of the molecule is O=S(=O)(O)CCCNc1nc(Nc2ccc(N=Nc3ccccc3)cc2)nc(Nc2ccc(N=Nc3ccccc3)cc2)n1. The minimum absolute atomic E-state index is 0.161. The Hall–Kier alpha value is -5.60. The van der Waals surface area contributed by atoms with E-state index in [9.17, 15) is 8.42 Å². The van der Waals surface area contributed by atoms with Gasteiger partial charge >= 0.3 is 0 Å². The third-order valence-corrected chi connectivity index (χ3v) is 6.62. The van der Waals surface area contributed by atoms with Gasteiger partial charge in [-0.2, -0.15) is 43.8 Å². The van der Waals surface area contributed by atoms with Gasteiger partial charge in [-0.15, -0.1) is 0 Å². The number of nitrogens with zero attached hydrogens (tertiary/aromatic N) is 7. The van der Waals surface area contributed by atoms with Gasteiger partial charge in [-0.25, -0.2) is 0 Å². The van der Waals surface area contributed by atoms with Crippen LogP contribution in [-0.2, 0) is 10.1 Å². The van der Waals surface area contributed by atoms with Crippen molar-refractivity contribution in [2.75, 3.05) is 28.2 Å². The van der Waals surface area contributed by atoms with E-state index in [2.05, 4.69) is 51.4 Å². The van der Waals surface area contributed by atoms with Crippen molar-refractivity contribution in [2.24, 2.45) is 20.5 Å². The number of hydrogen-bond donors (Lipinski definition) is 4. The molecule has 0 aliphatic rings. The molecule has 0 aliphatic carbocycles. The molecule has 0 fully saturated rings. The van der Waals surface area contributed by atoms with Crippen molar-refractivity contribution in [3.63, 3.8) is 0 Å². The van der Waals surface area contributed by atoms with E-state index in [4.69, 9.17) is 4.55 Å². The first kappa shape index (κ1) is 29.9. The van der Waals surface area contributed by atoms with Gasteiger partial charge < -0.3 is 16.0 Å². The largest absolute Gasteiger partial charge is 0.354 e. The summed E-state index contributed by atoms with van der Waals surface area (Å²) in [7, 11) is -4.07. The lowest BCUT2D eigenvalue weighted by molar-refractivity contribution is 0.481. The summed E-state index contributed by atoms with van der Waals surface area (Å²) in [5, 5.41) is 26.2. The molecule has 0 spiro atoms. The topological polar surface area (TPSA) is 179 Å². The Morgan fingerprint density at radius 1 is 0.545 bits per heavy atom. The third kappa shape index (κ3) is 9.75. The normalized spacial score (nSPS) is 11.6. The Morgan fingerprint density at radius 2 is 0.932 bits per heavy atom. The molecular formula is C30H28N10O3S. The van der Waals surface area contributed by atoms with Crippen LogP contribution in [0.1, 0.15) is 6.42 Å². The van der Waals surface area contributed by atoms with Gasteiger partial charge in [0.05, 0.1) is 28.5 Å². The first-order valence-corrected chi connectivity index (χ1v) is 15.1. The van der Waals surface area contributed by atoms with Crippen molar-refractivity contribution in [3.05, 3.63) is 109 Å². The van der Waals surface area contributed by atoms with Crippen LogP contribution in [0.3, 0.4) is 0 Å². The highest BCUT2D eigenvalue weighted by Gasteiger charge is 2.09. The van der Waals surface area contributed by atoms with Crippen molar-refractivity contribution in [1.29, 1.82) is 0 Å². The van der Waals surface area contributed by atoms with Crippen molar-refractivity contribution in [2.45, 2.75) is 6.42 Å². The third-order valence-electron chi connectivity index (χ3n) is 5.82. The smallest absolute Gasteiger partial charge is 0.264 e.